The summed E-state index contributed by atoms with van der Waals surface area (Å²) >= 11 is 0. The molecule has 1 aromatic heterocycles. The SMILES string of the molecule is C=N/C(=N\C(=N/Cc1ccccc1)c1ccc(-c2cccc3ccccc23)cc1)c1cc(-c2ccc(-c3ccccc3)cc2)cc2oc3ccccc3c12. The van der Waals surface area contributed by atoms with Gasteiger partial charge in [0.15, 0.2) is 11.7 Å². The molecular formula is C50H35N3O. The molecule has 0 unspecified atom stereocenters. The first-order valence-corrected chi connectivity index (χ1v) is 18.1. The standard InChI is InChI=1S/C50H35N3O/c1-51-50(45-31-41(32-47-48(45)44-20-10-11-22-46(44)54-47)37-25-23-36(24-26-37)35-15-6-3-7-16-35)53-49(52-33-34-13-4-2-5-14-34)40-29-27-39(28-30-40)43-21-12-18-38-17-8-9-19-42(38)43/h2-32H,1,33H2/b52-49-,53-50-. The van der Waals surface area contributed by atoms with Gasteiger partial charge in [0.2, 0.25) is 0 Å². The lowest BCUT2D eigenvalue weighted by Crippen LogP contribution is -2.06. The van der Waals surface area contributed by atoms with Gasteiger partial charge >= 0.3 is 0 Å². The Morgan fingerprint density at radius 2 is 1.09 bits per heavy atom. The molecule has 0 spiro atoms. The van der Waals surface area contributed by atoms with E-state index in [1.165, 1.54) is 21.9 Å². The number of rotatable bonds is 7. The number of para-hydroxylation sites is 1. The number of nitrogens with zero attached hydrogens (tertiary/aromatic N) is 3. The molecule has 9 aromatic rings. The lowest BCUT2D eigenvalue weighted by Gasteiger charge is -2.11. The van der Waals surface area contributed by atoms with Gasteiger partial charge < -0.3 is 4.42 Å². The average Bonchev–Trinajstić information content (AvgIpc) is 3.63. The van der Waals surface area contributed by atoms with Crippen molar-refractivity contribution in [3.05, 3.63) is 205 Å². The number of benzene rings is 8. The minimum Gasteiger partial charge on any atom is -0.456 e. The normalized spacial score (nSPS) is 12.1. The molecule has 0 fully saturated rings. The molecule has 0 radical (unpaired) electrons. The van der Waals surface area contributed by atoms with Crippen LogP contribution in [0.1, 0.15) is 16.7 Å². The van der Waals surface area contributed by atoms with E-state index in [1.807, 2.05) is 42.5 Å². The number of aliphatic imine (C=N–C) groups is 3. The molecule has 256 valence electrons. The maximum absolute atomic E-state index is 6.48. The zero-order valence-electron chi connectivity index (χ0n) is 29.6. The summed E-state index contributed by atoms with van der Waals surface area (Å²) in [5.41, 5.74) is 11.1. The summed E-state index contributed by atoms with van der Waals surface area (Å²) in [7, 11) is 0. The Labute approximate surface area is 314 Å². The van der Waals surface area contributed by atoms with Gasteiger partial charge in [0.25, 0.3) is 0 Å². The van der Waals surface area contributed by atoms with Gasteiger partial charge in [0.1, 0.15) is 11.2 Å². The summed E-state index contributed by atoms with van der Waals surface area (Å²) in [6.45, 7) is 4.50. The lowest BCUT2D eigenvalue weighted by atomic mass is 9.96. The number of fused-ring (bicyclic) bond motifs is 4. The fourth-order valence-electron chi connectivity index (χ4n) is 7.18. The molecule has 0 amide bonds. The number of amidine groups is 2. The first-order valence-electron chi connectivity index (χ1n) is 18.1. The van der Waals surface area contributed by atoms with Crippen molar-refractivity contribution in [2.45, 2.75) is 6.54 Å². The van der Waals surface area contributed by atoms with Crippen LogP contribution in [0, 0.1) is 0 Å². The summed E-state index contributed by atoms with van der Waals surface area (Å²) in [6, 6.07) is 65.0. The van der Waals surface area contributed by atoms with Gasteiger partial charge in [-0.1, -0.05) is 170 Å². The summed E-state index contributed by atoms with van der Waals surface area (Å²) in [5.74, 6) is 1.04. The molecule has 0 saturated heterocycles. The minimum absolute atomic E-state index is 0.465. The molecular weight excluding hydrogens is 659 g/mol. The summed E-state index contributed by atoms with van der Waals surface area (Å²) in [4.78, 5) is 14.9. The minimum atomic E-state index is 0.465. The highest BCUT2D eigenvalue weighted by atomic mass is 16.3. The second-order valence-corrected chi connectivity index (χ2v) is 13.3. The van der Waals surface area contributed by atoms with Gasteiger partial charge in [-0.2, -0.15) is 0 Å². The van der Waals surface area contributed by atoms with Crippen molar-refractivity contribution >= 4 is 51.1 Å². The van der Waals surface area contributed by atoms with E-state index in [4.69, 9.17) is 14.4 Å². The van der Waals surface area contributed by atoms with Crippen LogP contribution in [0.15, 0.2) is 207 Å². The summed E-state index contributed by atoms with van der Waals surface area (Å²) in [5, 5.41) is 4.36. The summed E-state index contributed by atoms with van der Waals surface area (Å²) < 4.78 is 6.48. The first kappa shape index (κ1) is 32.7. The molecule has 0 aliphatic rings. The molecule has 0 aliphatic carbocycles. The van der Waals surface area contributed by atoms with E-state index >= 15 is 0 Å². The van der Waals surface area contributed by atoms with Crippen LogP contribution in [0.25, 0.3) is 66.1 Å². The van der Waals surface area contributed by atoms with E-state index < -0.39 is 0 Å². The monoisotopic (exact) mass is 693 g/mol. The van der Waals surface area contributed by atoms with E-state index in [-0.39, 0.29) is 0 Å². The second-order valence-electron chi connectivity index (χ2n) is 13.3. The van der Waals surface area contributed by atoms with Crippen LogP contribution in [0.5, 0.6) is 0 Å². The molecule has 0 N–H and O–H groups in total. The van der Waals surface area contributed by atoms with Crippen LogP contribution in [0.4, 0.5) is 0 Å². The van der Waals surface area contributed by atoms with Gasteiger partial charge in [0, 0.05) is 21.9 Å². The smallest absolute Gasteiger partial charge is 0.161 e. The Balaban J connectivity index is 1.18. The predicted molar refractivity (Wildman–Crippen MR) is 227 cm³/mol. The highest BCUT2D eigenvalue weighted by molar-refractivity contribution is 6.22. The Morgan fingerprint density at radius 1 is 0.481 bits per heavy atom. The van der Waals surface area contributed by atoms with Crippen LogP contribution >= 0.6 is 0 Å². The topological polar surface area (TPSA) is 50.2 Å². The Morgan fingerprint density at radius 3 is 1.85 bits per heavy atom. The lowest BCUT2D eigenvalue weighted by molar-refractivity contribution is 0.669. The molecule has 4 nitrogen and oxygen atoms in total. The van der Waals surface area contributed by atoms with Gasteiger partial charge in [-0.15, -0.1) is 0 Å². The molecule has 0 atom stereocenters. The molecule has 0 bridgehead atoms. The largest absolute Gasteiger partial charge is 0.456 e. The fraction of sp³-hybridized carbons (Fsp3) is 0.0200. The molecule has 9 rings (SSSR count). The van der Waals surface area contributed by atoms with E-state index in [0.717, 1.165) is 60.9 Å². The average molecular weight is 694 g/mol. The third-order valence-electron chi connectivity index (χ3n) is 9.90. The van der Waals surface area contributed by atoms with Crippen molar-refractivity contribution in [2.75, 3.05) is 0 Å². The van der Waals surface area contributed by atoms with Crippen molar-refractivity contribution in [3.8, 4) is 33.4 Å². The third-order valence-corrected chi connectivity index (χ3v) is 9.90. The number of hydrogen-bond acceptors (Lipinski definition) is 2. The van der Waals surface area contributed by atoms with Crippen LogP contribution < -0.4 is 0 Å². The maximum atomic E-state index is 6.48. The molecule has 4 heteroatoms. The van der Waals surface area contributed by atoms with E-state index in [0.29, 0.717) is 18.2 Å². The zero-order chi connectivity index (χ0) is 36.3. The molecule has 0 aliphatic heterocycles. The highest BCUT2D eigenvalue weighted by Gasteiger charge is 2.18. The van der Waals surface area contributed by atoms with Crippen molar-refractivity contribution in [1.82, 2.24) is 0 Å². The van der Waals surface area contributed by atoms with Gasteiger partial charge in [-0.25, -0.2) is 9.98 Å². The first-order chi connectivity index (χ1) is 26.7. The molecule has 0 saturated carbocycles. The molecule has 8 aromatic carbocycles. The Kier molecular flexibility index (Phi) is 8.76. The highest BCUT2D eigenvalue weighted by Crippen LogP contribution is 2.37. The van der Waals surface area contributed by atoms with Crippen molar-refractivity contribution < 1.29 is 4.42 Å². The van der Waals surface area contributed by atoms with Crippen molar-refractivity contribution in [1.29, 1.82) is 0 Å². The van der Waals surface area contributed by atoms with Crippen LogP contribution in [0.2, 0.25) is 0 Å². The summed E-state index contributed by atoms with van der Waals surface area (Å²) in [6.07, 6.45) is 0. The van der Waals surface area contributed by atoms with Crippen LogP contribution in [-0.4, -0.2) is 18.4 Å². The number of furan rings is 1. The zero-order valence-corrected chi connectivity index (χ0v) is 29.6. The fourth-order valence-corrected chi connectivity index (χ4v) is 7.18. The van der Waals surface area contributed by atoms with Gasteiger partial charge in [-0.3, -0.25) is 4.99 Å². The van der Waals surface area contributed by atoms with Crippen LogP contribution in [0.3, 0.4) is 0 Å². The van der Waals surface area contributed by atoms with E-state index in [9.17, 15) is 0 Å². The van der Waals surface area contributed by atoms with Crippen LogP contribution in [-0.2, 0) is 6.54 Å². The predicted octanol–water partition coefficient (Wildman–Crippen LogP) is 12.8. The Bertz CT molecular complexity index is 2830. The third kappa shape index (κ3) is 6.42. The van der Waals surface area contributed by atoms with Gasteiger partial charge in [0.05, 0.1) is 6.54 Å². The second kappa shape index (κ2) is 14.5. The van der Waals surface area contributed by atoms with Gasteiger partial charge in [-0.05, 0) is 74.6 Å². The maximum Gasteiger partial charge on any atom is 0.161 e. The molecule has 54 heavy (non-hydrogen) atoms. The quantitative estimate of drug-likeness (QED) is 0.121. The molecule has 1 heterocycles. The van der Waals surface area contributed by atoms with Crippen molar-refractivity contribution in [2.24, 2.45) is 15.0 Å². The number of hydrogen-bond donors (Lipinski definition) is 0. The Hall–Kier alpha value is -7.17. The van der Waals surface area contributed by atoms with E-state index in [1.54, 1.807) is 0 Å². The van der Waals surface area contributed by atoms with E-state index in [2.05, 4.69) is 157 Å². The van der Waals surface area contributed by atoms with Crippen molar-refractivity contribution in [3.63, 3.8) is 0 Å².